The smallest absolute Gasteiger partial charge is 0.275 e. The van der Waals surface area contributed by atoms with Gasteiger partial charge in [-0.05, 0) is 17.9 Å². The van der Waals surface area contributed by atoms with Crippen LogP contribution in [-0.2, 0) is 5.54 Å². The summed E-state index contributed by atoms with van der Waals surface area (Å²) < 4.78 is 17.1. The number of carbonyl (C=O) groups is 1. The first-order valence-electron chi connectivity index (χ1n) is 8.38. The third-order valence-electron chi connectivity index (χ3n) is 3.95. The van der Waals surface area contributed by atoms with E-state index in [0.29, 0.717) is 17.3 Å². The van der Waals surface area contributed by atoms with Crippen molar-refractivity contribution in [3.8, 4) is 5.88 Å². The molecule has 2 aromatic heterocycles. The number of halogens is 1. The topological polar surface area (TPSA) is 115 Å². The van der Waals surface area contributed by atoms with E-state index in [9.17, 15) is 9.18 Å². The van der Waals surface area contributed by atoms with E-state index in [4.69, 9.17) is 10.5 Å². The second kappa shape index (κ2) is 8.34. The SMILES string of the molecule is C=C1C[C@@](C)(c2cncc(NC(=O)c3cnc(OCCF)cn3)c2)N=C(N)S1. The molecule has 0 bridgehead atoms. The number of alkyl halides is 1. The molecule has 146 valence electrons. The fourth-order valence-corrected chi connectivity index (χ4v) is 3.59. The summed E-state index contributed by atoms with van der Waals surface area (Å²) in [5, 5.41) is 3.17. The highest BCUT2D eigenvalue weighted by Gasteiger charge is 2.32. The maximum Gasteiger partial charge on any atom is 0.275 e. The zero-order chi connectivity index (χ0) is 20.1. The first-order valence-corrected chi connectivity index (χ1v) is 9.20. The molecule has 1 amide bonds. The van der Waals surface area contributed by atoms with E-state index in [1.165, 1.54) is 30.4 Å². The van der Waals surface area contributed by atoms with Crippen LogP contribution in [0.3, 0.4) is 0 Å². The van der Waals surface area contributed by atoms with Crippen LogP contribution < -0.4 is 15.8 Å². The summed E-state index contributed by atoms with van der Waals surface area (Å²) in [5.74, 6) is -0.308. The zero-order valence-corrected chi connectivity index (χ0v) is 16.0. The maximum absolute atomic E-state index is 12.4. The highest BCUT2D eigenvalue weighted by Crippen LogP contribution is 2.40. The second-order valence-electron chi connectivity index (χ2n) is 6.24. The summed E-state index contributed by atoms with van der Waals surface area (Å²) in [6, 6.07) is 1.79. The number of hydrogen-bond acceptors (Lipinski definition) is 8. The van der Waals surface area contributed by atoms with E-state index in [2.05, 4.69) is 31.8 Å². The molecule has 2 aromatic rings. The minimum absolute atomic E-state index is 0.0916. The quantitative estimate of drug-likeness (QED) is 0.763. The van der Waals surface area contributed by atoms with Crippen molar-refractivity contribution in [2.24, 2.45) is 10.7 Å². The monoisotopic (exact) mass is 402 g/mol. The molecule has 0 spiro atoms. The van der Waals surface area contributed by atoms with E-state index in [-0.39, 0.29) is 18.2 Å². The predicted molar refractivity (Wildman–Crippen MR) is 106 cm³/mol. The van der Waals surface area contributed by atoms with Gasteiger partial charge in [-0.1, -0.05) is 18.3 Å². The van der Waals surface area contributed by atoms with Crippen LogP contribution in [0, 0.1) is 0 Å². The van der Waals surface area contributed by atoms with Crippen molar-refractivity contribution < 1.29 is 13.9 Å². The number of amides is 1. The van der Waals surface area contributed by atoms with Crippen molar-refractivity contribution in [2.75, 3.05) is 18.6 Å². The Bertz CT molecular complexity index is 921. The van der Waals surface area contributed by atoms with Crippen molar-refractivity contribution in [2.45, 2.75) is 18.9 Å². The number of anilines is 1. The van der Waals surface area contributed by atoms with Gasteiger partial charge in [0.25, 0.3) is 5.91 Å². The lowest BCUT2D eigenvalue weighted by Crippen LogP contribution is -2.28. The van der Waals surface area contributed by atoms with Gasteiger partial charge in [-0.2, -0.15) is 0 Å². The molecule has 10 heteroatoms. The lowest BCUT2D eigenvalue weighted by molar-refractivity contribution is 0.102. The van der Waals surface area contributed by atoms with Gasteiger partial charge < -0.3 is 15.8 Å². The normalized spacial score (nSPS) is 19.1. The Morgan fingerprint density at radius 2 is 2.21 bits per heavy atom. The fraction of sp³-hybridized carbons (Fsp3) is 0.278. The van der Waals surface area contributed by atoms with Gasteiger partial charge in [-0.3, -0.25) is 14.8 Å². The molecule has 1 atom stereocenters. The number of rotatable bonds is 6. The molecular weight excluding hydrogens is 383 g/mol. The van der Waals surface area contributed by atoms with E-state index in [1.54, 1.807) is 12.3 Å². The molecular formula is C18H19FN6O2S. The average molecular weight is 402 g/mol. The Labute approximate surface area is 165 Å². The van der Waals surface area contributed by atoms with Crippen molar-refractivity contribution in [1.82, 2.24) is 15.0 Å². The molecule has 8 nitrogen and oxygen atoms in total. The van der Waals surface area contributed by atoms with Crippen molar-refractivity contribution in [3.05, 3.63) is 53.6 Å². The number of pyridine rings is 1. The van der Waals surface area contributed by atoms with Crippen LogP contribution in [0.4, 0.5) is 10.1 Å². The first kappa shape index (κ1) is 19.7. The first-order chi connectivity index (χ1) is 13.4. The Kier molecular flexibility index (Phi) is 5.88. The van der Waals surface area contributed by atoms with Crippen LogP contribution in [0.1, 0.15) is 29.4 Å². The number of amidine groups is 1. The molecule has 0 fully saturated rings. The number of nitrogens with one attached hydrogen (secondary N) is 1. The van der Waals surface area contributed by atoms with Gasteiger partial charge >= 0.3 is 0 Å². The third kappa shape index (κ3) is 4.63. The number of ether oxygens (including phenoxy) is 1. The maximum atomic E-state index is 12.4. The Morgan fingerprint density at radius 1 is 1.39 bits per heavy atom. The van der Waals surface area contributed by atoms with Crippen LogP contribution in [0.15, 0.2) is 47.3 Å². The summed E-state index contributed by atoms with van der Waals surface area (Å²) in [7, 11) is 0. The molecule has 3 N–H and O–H groups in total. The standard InChI is InChI=1S/C18H19FN6O2S/c1-11-6-18(2,25-17(20)28-11)12-5-13(8-21-7-12)24-16(26)14-9-23-15(10-22-14)27-4-3-19/h5,7-10H,1,3-4,6H2,2H3,(H2,20,25)(H,24,26)/t18-/m0/s1. The molecule has 0 aliphatic carbocycles. The minimum atomic E-state index is -0.631. The number of hydrogen-bond donors (Lipinski definition) is 2. The van der Waals surface area contributed by atoms with Gasteiger partial charge in [0.2, 0.25) is 5.88 Å². The van der Waals surface area contributed by atoms with Crippen molar-refractivity contribution >= 4 is 28.5 Å². The zero-order valence-electron chi connectivity index (χ0n) is 15.2. The summed E-state index contributed by atoms with van der Waals surface area (Å²) in [6.07, 6.45) is 6.35. The molecule has 0 aromatic carbocycles. The van der Waals surface area contributed by atoms with Crippen molar-refractivity contribution in [3.63, 3.8) is 0 Å². The second-order valence-corrected chi connectivity index (χ2v) is 7.43. The highest BCUT2D eigenvalue weighted by molar-refractivity contribution is 8.17. The summed E-state index contributed by atoms with van der Waals surface area (Å²) >= 11 is 1.35. The number of nitrogens with two attached hydrogens (primary N) is 1. The molecule has 0 saturated heterocycles. The van der Waals surface area contributed by atoms with Gasteiger partial charge in [0, 0.05) is 18.2 Å². The highest BCUT2D eigenvalue weighted by atomic mass is 32.2. The van der Waals surface area contributed by atoms with Gasteiger partial charge in [0.1, 0.15) is 19.0 Å². The number of aromatic nitrogens is 3. The van der Waals surface area contributed by atoms with E-state index < -0.39 is 18.1 Å². The van der Waals surface area contributed by atoms with Gasteiger partial charge in [-0.25, -0.2) is 14.4 Å². The molecule has 1 aliphatic heterocycles. The van der Waals surface area contributed by atoms with Crippen LogP contribution in [0.2, 0.25) is 0 Å². The Morgan fingerprint density at radius 3 is 2.89 bits per heavy atom. The summed E-state index contributed by atoms with van der Waals surface area (Å²) in [6.45, 7) is 5.18. The Hall–Kier alpha value is -3.01. The van der Waals surface area contributed by atoms with Gasteiger partial charge in [0.15, 0.2) is 5.17 Å². The largest absolute Gasteiger partial charge is 0.474 e. The summed E-state index contributed by atoms with van der Waals surface area (Å²) in [4.78, 5) is 29.9. The van der Waals surface area contributed by atoms with E-state index >= 15 is 0 Å². The van der Waals surface area contributed by atoms with Crippen molar-refractivity contribution in [1.29, 1.82) is 0 Å². The molecule has 0 radical (unpaired) electrons. The number of aliphatic imine (C=N–C) groups is 1. The van der Waals surface area contributed by atoms with Crippen LogP contribution in [0.5, 0.6) is 5.88 Å². The molecule has 3 rings (SSSR count). The number of carbonyl (C=O) groups excluding carboxylic acids is 1. The molecule has 3 heterocycles. The van der Waals surface area contributed by atoms with Crippen LogP contribution >= 0.6 is 11.8 Å². The van der Waals surface area contributed by atoms with E-state index in [0.717, 1.165) is 10.5 Å². The predicted octanol–water partition coefficient (Wildman–Crippen LogP) is 2.65. The lowest BCUT2D eigenvalue weighted by atomic mass is 9.90. The van der Waals surface area contributed by atoms with Gasteiger partial charge in [-0.15, -0.1) is 0 Å². The molecule has 0 unspecified atom stereocenters. The number of nitrogens with zero attached hydrogens (tertiary/aromatic N) is 4. The third-order valence-corrected chi connectivity index (χ3v) is 4.69. The fourth-order valence-electron chi connectivity index (χ4n) is 2.69. The lowest BCUT2D eigenvalue weighted by Gasteiger charge is -2.30. The number of thioether (sulfide) groups is 1. The van der Waals surface area contributed by atoms with Gasteiger partial charge in [0.05, 0.1) is 29.8 Å². The molecule has 28 heavy (non-hydrogen) atoms. The van der Waals surface area contributed by atoms with Crippen LogP contribution in [0.25, 0.3) is 0 Å². The van der Waals surface area contributed by atoms with E-state index in [1.807, 2.05) is 6.92 Å². The minimum Gasteiger partial charge on any atom is -0.474 e. The average Bonchev–Trinajstić information content (AvgIpc) is 2.66. The molecule has 0 saturated carbocycles. The summed E-state index contributed by atoms with van der Waals surface area (Å²) in [5.41, 5.74) is 6.67. The Balaban J connectivity index is 1.75. The van der Waals surface area contributed by atoms with Crippen LogP contribution in [-0.4, -0.2) is 39.3 Å². The molecule has 1 aliphatic rings.